The number of nitriles is 1. The Labute approximate surface area is 180 Å². The van der Waals surface area contributed by atoms with Gasteiger partial charge in [0, 0.05) is 28.7 Å². The highest BCUT2D eigenvalue weighted by Gasteiger charge is 2.21. The van der Waals surface area contributed by atoms with Crippen LogP contribution in [0.2, 0.25) is 0 Å². The predicted molar refractivity (Wildman–Crippen MR) is 122 cm³/mol. The second-order valence-electron chi connectivity index (χ2n) is 9.00. The average molecular weight is 412 g/mol. The van der Waals surface area contributed by atoms with Crippen LogP contribution in [0.15, 0.2) is 48.9 Å². The van der Waals surface area contributed by atoms with Crippen molar-refractivity contribution in [2.24, 2.45) is 5.92 Å². The van der Waals surface area contributed by atoms with Crippen molar-refractivity contribution in [1.82, 2.24) is 19.7 Å². The Hall–Kier alpha value is -3.43. The summed E-state index contributed by atoms with van der Waals surface area (Å²) in [6, 6.07) is 10.8. The molecule has 0 fully saturated rings. The normalized spacial score (nSPS) is 17.1. The van der Waals surface area contributed by atoms with E-state index >= 15 is 0 Å². The van der Waals surface area contributed by atoms with Crippen molar-refractivity contribution in [2.75, 3.05) is 0 Å². The van der Waals surface area contributed by atoms with E-state index in [4.69, 9.17) is 0 Å². The first-order valence-corrected chi connectivity index (χ1v) is 10.7. The molecular formula is C25H25N5O. The molecule has 1 unspecified atom stereocenters. The molecular weight excluding hydrogens is 386 g/mol. The minimum atomic E-state index is -0.831. The molecule has 0 saturated heterocycles. The molecule has 1 atom stereocenters. The summed E-state index contributed by atoms with van der Waals surface area (Å²) >= 11 is 0. The lowest BCUT2D eigenvalue weighted by atomic mass is 9.84. The molecule has 0 aliphatic heterocycles. The average Bonchev–Trinajstić information content (AvgIpc) is 3.39. The highest BCUT2D eigenvalue weighted by atomic mass is 16.3. The molecule has 3 aromatic heterocycles. The summed E-state index contributed by atoms with van der Waals surface area (Å²) in [6.07, 6.45) is 10.5. The molecule has 2 N–H and O–H groups in total. The number of nitrogens with zero attached hydrogens (tertiary/aromatic N) is 4. The number of hydrogen-bond donors (Lipinski definition) is 2. The summed E-state index contributed by atoms with van der Waals surface area (Å²) in [4.78, 5) is 7.87. The molecule has 31 heavy (non-hydrogen) atoms. The zero-order chi connectivity index (χ0) is 21.6. The van der Waals surface area contributed by atoms with E-state index in [1.165, 1.54) is 11.1 Å². The third kappa shape index (κ3) is 3.62. The molecule has 0 saturated carbocycles. The minimum Gasteiger partial charge on any atom is -0.389 e. The molecule has 5 rings (SSSR count). The van der Waals surface area contributed by atoms with Crippen molar-refractivity contribution in [1.29, 1.82) is 5.26 Å². The highest BCUT2D eigenvalue weighted by Crippen LogP contribution is 2.39. The Kier molecular flexibility index (Phi) is 4.64. The second-order valence-corrected chi connectivity index (χ2v) is 9.00. The number of aliphatic hydroxyl groups is 1. The number of nitrogens with one attached hydrogen (secondary N) is 1. The van der Waals surface area contributed by atoms with E-state index in [0.717, 1.165) is 52.3 Å². The maximum absolute atomic E-state index is 10.2. The van der Waals surface area contributed by atoms with Crippen molar-refractivity contribution in [3.05, 3.63) is 54.5 Å². The van der Waals surface area contributed by atoms with E-state index in [-0.39, 0.29) is 5.92 Å². The number of pyridine rings is 1. The first-order chi connectivity index (χ1) is 14.9. The smallest absolute Gasteiger partial charge is 0.137 e. The van der Waals surface area contributed by atoms with Crippen LogP contribution in [0, 0.1) is 17.2 Å². The molecule has 0 bridgehead atoms. The van der Waals surface area contributed by atoms with Gasteiger partial charge >= 0.3 is 0 Å². The fourth-order valence-electron chi connectivity index (χ4n) is 4.50. The molecule has 0 spiro atoms. The van der Waals surface area contributed by atoms with Crippen LogP contribution in [0.5, 0.6) is 0 Å². The van der Waals surface area contributed by atoms with Crippen LogP contribution in [-0.2, 0) is 6.54 Å². The number of fused-ring (bicyclic) bond motifs is 2. The number of H-pyrrole nitrogens is 1. The molecule has 1 aromatic carbocycles. The van der Waals surface area contributed by atoms with E-state index in [0.29, 0.717) is 6.54 Å². The summed E-state index contributed by atoms with van der Waals surface area (Å²) in [5.41, 5.74) is 5.70. The standard InChI is InChI=1S/C25H25N5O/c1-25(2,31)15-30-22-8-7-18(11-19(22)13-29-30)21-14-28-24-20(9-10-27-24)23(21)17-5-3-16(12-26)4-6-17/h5,7-11,13-14,16,31H,3-4,6,15H2,1-2H3,(H,27,28). The maximum atomic E-state index is 10.2. The Morgan fingerprint density at radius 1 is 1.29 bits per heavy atom. The van der Waals surface area contributed by atoms with Crippen LogP contribution in [0.1, 0.15) is 38.7 Å². The van der Waals surface area contributed by atoms with Gasteiger partial charge in [-0.15, -0.1) is 0 Å². The zero-order valence-corrected chi connectivity index (χ0v) is 17.8. The van der Waals surface area contributed by atoms with Crippen LogP contribution in [0.25, 0.3) is 38.6 Å². The van der Waals surface area contributed by atoms with Crippen molar-refractivity contribution >= 4 is 27.5 Å². The molecule has 1 aliphatic rings. The number of aromatic nitrogens is 4. The summed E-state index contributed by atoms with van der Waals surface area (Å²) in [5, 5.41) is 26.1. The largest absolute Gasteiger partial charge is 0.389 e. The molecule has 0 amide bonds. The van der Waals surface area contributed by atoms with Gasteiger partial charge in [-0.05, 0) is 68.0 Å². The SMILES string of the molecule is CC(C)(O)Cn1ncc2cc(-c3cnc4[nH]ccc4c3C3=CCC(C#N)CC3)ccc21. The van der Waals surface area contributed by atoms with Crippen LogP contribution < -0.4 is 0 Å². The van der Waals surface area contributed by atoms with E-state index in [1.54, 1.807) is 13.8 Å². The van der Waals surface area contributed by atoms with Crippen molar-refractivity contribution in [3.8, 4) is 17.2 Å². The Morgan fingerprint density at radius 3 is 2.90 bits per heavy atom. The lowest BCUT2D eigenvalue weighted by Crippen LogP contribution is -2.26. The van der Waals surface area contributed by atoms with Gasteiger partial charge in [0.15, 0.2) is 0 Å². The summed E-state index contributed by atoms with van der Waals surface area (Å²) in [6.45, 7) is 4.01. The Morgan fingerprint density at radius 2 is 2.16 bits per heavy atom. The number of rotatable bonds is 4. The van der Waals surface area contributed by atoms with Crippen molar-refractivity contribution < 1.29 is 5.11 Å². The summed E-state index contributed by atoms with van der Waals surface area (Å²) in [7, 11) is 0. The van der Waals surface area contributed by atoms with Crippen LogP contribution >= 0.6 is 0 Å². The predicted octanol–water partition coefficient (Wildman–Crippen LogP) is 5.06. The topological polar surface area (TPSA) is 90.5 Å². The van der Waals surface area contributed by atoms with Gasteiger partial charge in [-0.2, -0.15) is 10.4 Å². The van der Waals surface area contributed by atoms with E-state index in [1.807, 2.05) is 23.3 Å². The van der Waals surface area contributed by atoms with Crippen molar-refractivity contribution in [3.63, 3.8) is 0 Å². The highest BCUT2D eigenvalue weighted by molar-refractivity contribution is 5.99. The number of benzene rings is 1. The fourth-order valence-corrected chi connectivity index (χ4v) is 4.50. The Balaban J connectivity index is 1.63. The molecule has 156 valence electrons. The van der Waals surface area contributed by atoms with Gasteiger partial charge in [0.25, 0.3) is 0 Å². The van der Waals surface area contributed by atoms with Gasteiger partial charge in [0.1, 0.15) is 5.65 Å². The quantitative estimate of drug-likeness (QED) is 0.491. The van der Waals surface area contributed by atoms with E-state index in [9.17, 15) is 10.4 Å². The van der Waals surface area contributed by atoms with Gasteiger partial charge in [0.05, 0.1) is 35.8 Å². The fraction of sp³-hybridized carbons (Fsp3) is 0.320. The van der Waals surface area contributed by atoms with Gasteiger partial charge in [-0.25, -0.2) is 4.98 Å². The second kappa shape index (κ2) is 7.36. The first-order valence-electron chi connectivity index (χ1n) is 10.7. The molecule has 6 heteroatoms. The molecule has 3 heterocycles. The van der Waals surface area contributed by atoms with Gasteiger partial charge < -0.3 is 10.1 Å². The Bertz CT molecular complexity index is 1350. The summed E-state index contributed by atoms with van der Waals surface area (Å²) < 4.78 is 1.85. The van der Waals surface area contributed by atoms with Gasteiger partial charge in [-0.3, -0.25) is 4.68 Å². The number of hydrogen-bond acceptors (Lipinski definition) is 4. The van der Waals surface area contributed by atoms with E-state index in [2.05, 4.69) is 51.5 Å². The van der Waals surface area contributed by atoms with Crippen molar-refractivity contribution in [2.45, 2.75) is 45.3 Å². The first kappa shape index (κ1) is 19.5. The lowest BCUT2D eigenvalue weighted by Gasteiger charge is -2.20. The third-order valence-corrected chi connectivity index (χ3v) is 5.99. The van der Waals surface area contributed by atoms with Crippen LogP contribution in [0.4, 0.5) is 0 Å². The monoisotopic (exact) mass is 411 g/mol. The summed E-state index contributed by atoms with van der Waals surface area (Å²) in [5.74, 6) is 0.105. The van der Waals surface area contributed by atoms with Gasteiger partial charge in [-0.1, -0.05) is 12.1 Å². The molecule has 0 radical (unpaired) electrons. The third-order valence-electron chi connectivity index (χ3n) is 5.99. The molecule has 4 aromatic rings. The molecule has 6 nitrogen and oxygen atoms in total. The van der Waals surface area contributed by atoms with Crippen LogP contribution in [0.3, 0.4) is 0 Å². The zero-order valence-electron chi connectivity index (χ0n) is 17.8. The van der Waals surface area contributed by atoms with Crippen LogP contribution in [-0.4, -0.2) is 30.5 Å². The maximum Gasteiger partial charge on any atom is 0.137 e. The minimum absolute atomic E-state index is 0.105. The number of aromatic amines is 1. The van der Waals surface area contributed by atoms with Gasteiger partial charge in [0.2, 0.25) is 0 Å². The van der Waals surface area contributed by atoms with E-state index < -0.39 is 5.60 Å². The number of allylic oxidation sites excluding steroid dienone is 2. The molecule has 1 aliphatic carbocycles. The lowest BCUT2D eigenvalue weighted by molar-refractivity contribution is 0.0591.